The number of nitrogens with one attached hydrogen (secondary N) is 1. The minimum atomic E-state index is -4.41. The van der Waals surface area contributed by atoms with E-state index in [0.29, 0.717) is 4.47 Å². The quantitative estimate of drug-likeness (QED) is 0.404. The van der Waals surface area contributed by atoms with E-state index in [0.717, 1.165) is 6.07 Å². The number of halogens is 5. The fraction of sp³-hybridized carbons (Fsp3) is 0.417. The Balaban J connectivity index is 0.00000361. The van der Waals surface area contributed by atoms with Crippen molar-refractivity contribution in [3.63, 3.8) is 0 Å². The van der Waals surface area contributed by atoms with Crippen LogP contribution in [-0.2, 0) is 12.7 Å². The van der Waals surface area contributed by atoms with Crippen molar-refractivity contribution < 1.29 is 13.2 Å². The Labute approximate surface area is 141 Å². The third-order valence-corrected chi connectivity index (χ3v) is 2.73. The van der Waals surface area contributed by atoms with Crippen LogP contribution in [0.15, 0.2) is 27.7 Å². The second-order valence-corrected chi connectivity index (χ2v) is 5.22. The van der Waals surface area contributed by atoms with Crippen molar-refractivity contribution in [2.75, 3.05) is 0 Å². The highest BCUT2D eigenvalue weighted by atomic mass is 127. The van der Waals surface area contributed by atoms with Crippen LogP contribution in [0.2, 0.25) is 0 Å². The number of hydrogen-bond acceptors (Lipinski definition) is 1. The minimum Gasteiger partial charge on any atom is -0.370 e. The van der Waals surface area contributed by atoms with Crippen LogP contribution in [0.5, 0.6) is 0 Å². The van der Waals surface area contributed by atoms with Gasteiger partial charge < -0.3 is 11.1 Å². The average Bonchev–Trinajstić information content (AvgIpc) is 2.25. The van der Waals surface area contributed by atoms with E-state index < -0.39 is 11.7 Å². The Bertz CT molecular complexity index is 476. The zero-order chi connectivity index (χ0) is 14.6. The van der Waals surface area contributed by atoms with Crippen molar-refractivity contribution >= 4 is 45.9 Å². The second-order valence-electron chi connectivity index (χ2n) is 4.30. The largest absolute Gasteiger partial charge is 0.416 e. The van der Waals surface area contributed by atoms with E-state index >= 15 is 0 Å². The van der Waals surface area contributed by atoms with Crippen molar-refractivity contribution in [2.45, 2.75) is 32.6 Å². The standard InChI is InChI=1S/C12H15BrF3N3.HI/c1-7(2)19-11(17)18-6-8-3-4-9(13)5-10(8)12(14,15)16;/h3-5,7H,6H2,1-2H3,(H3,17,18,19);1H. The lowest BCUT2D eigenvalue weighted by atomic mass is 10.1. The van der Waals surface area contributed by atoms with Gasteiger partial charge in [0.25, 0.3) is 0 Å². The van der Waals surface area contributed by atoms with Crippen LogP contribution in [0, 0.1) is 0 Å². The van der Waals surface area contributed by atoms with Gasteiger partial charge in [-0.15, -0.1) is 24.0 Å². The summed E-state index contributed by atoms with van der Waals surface area (Å²) in [5.74, 6) is 0.131. The van der Waals surface area contributed by atoms with Crippen LogP contribution >= 0.6 is 39.9 Å². The maximum atomic E-state index is 12.8. The van der Waals surface area contributed by atoms with E-state index in [9.17, 15) is 13.2 Å². The molecule has 3 nitrogen and oxygen atoms in total. The zero-order valence-corrected chi connectivity index (χ0v) is 14.9. The predicted molar refractivity (Wildman–Crippen MR) is 88.2 cm³/mol. The lowest BCUT2D eigenvalue weighted by Gasteiger charge is -2.13. The van der Waals surface area contributed by atoms with Crippen LogP contribution in [0.3, 0.4) is 0 Å². The van der Waals surface area contributed by atoms with Crippen molar-refractivity contribution in [3.8, 4) is 0 Å². The topological polar surface area (TPSA) is 50.4 Å². The molecule has 8 heteroatoms. The van der Waals surface area contributed by atoms with E-state index in [4.69, 9.17) is 5.73 Å². The summed E-state index contributed by atoms with van der Waals surface area (Å²) < 4.78 is 38.9. The molecule has 20 heavy (non-hydrogen) atoms. The molecule has 3 N–H and O–H groups in total. The molecule has 1 aromatic rings. The lowest BCUT2D eigenvalue weighted by molar-refractivity contribution is -0.138. The van der Waals surface area contributed by atoms with Crippen LogP contribution in [0.1, 0.15) is 25.0 Å². The van der Waals surface area contributed by atoms with Crippen molar-refractivity contribution in [3.05, 3.63) is 33.8 Å². The van der Waals surface area contributed by atoms with Gasteiger partial charge in [0.15, 0.2) is 5.96 Å². The maximum Gasteiger partial charge on any atom is 0.416 e. The molecule has 114 valence electrons. The molecule has 0 radical (unpaired) electrons. The molecule has 1 aromatic carbocycles. The maximum absolute atomic E-state index is 12.8. The number of guanidine groups is 1. The van der Waals surface area contributed by atoms with E-state index in [1.165, 1.54) is 6.07 Å². The Morgan fingerprint density at radius 1 is 1.40 bits per heavy atom. The van der Waals surface area contributed by atoms with Gasteiger partial charge in [0, 0.05) is 10.5 Å². The molecule has 0 aliphatic rings. The van der Waals surface area contributed by atoms with Crippen LogP contribution < -0.4 is 11.1 Å². The number of benzene rings is 1. The Morgan fingerprint density at radius 2 is 2.00 bits per heavy atom. The van der Waals surface area contributed by atoms with Gasteiger partial charge >= 0.3 is 6.18 Å². The SMILES string of the molecule is CC(C)NC(N)=NCc1ccc(Br)cc1C(F)(F)F.I. The first-order chi connectivity index (χ1) is 8.70. The van der Waals surface area contributed by atoms with Gasteiger partial charge in [0.1, 0.15) is 0 Å². The monoisotopic (exact) mass is 465 g/mol. The summed E-state index contributed by atoms with van der Waals surface area (Å²) in [4.78, 5) is 3.91. The molecule has 0 unspecified atom stereocenters. The first-order valence-corrected chi connectivity index (χ1v) is 6.41. The Kier molecular flexibility index (Phi) is 7.85. The number of nitrogens with two attached hydrogens (primary N) is 1. The lowest BCUT2D eigenvalue weighted by Crippen LogP contribution is -2.36. The molecule has 0 amide bonds. The van der Waals surface area contributed by atoms with Gasteiger partial charge in [-0.2, -0.15) is 13.2 Å². The fourth-order valence-corrected chi connectivity index (χ4v) is 1.82. The number of nitrogens with zero attached hydrogens (tertiary/aromatic N) is 1. The third kappa shape index (κ3) is 6.29. The van der Waals surface area contributed by atoms with E-state index in [-0.39, 0.29) is 48.1 Å². The number of alkyl halides is 3. The summed E-state index contributed by atoms with van der Waals surface area (Å²) >= 11 is 3.03. The van der Waals surface area contributed by atoms with Crippen LogP contribution in [0.4, 0.5) is 13.2 Å². The summed E-state index contributed by atoms with van der Waals surface area (Å²) in [5, 5.41) is 2.82. The van der Waals surface area contributed by atoms with Gasteiger partial charge in [-0.3, -0.25) is 0 Å². The zero-order valence-electron chi connectivity index (χ0n) is 11.0. The minimum absolute atomic E-state index is 0. The van der Waals surface area contributed by atoms with E-state index in [2.05, 4.69) is 26.2 Å². The van der Waals surface area contributed by atoms with Crippen LogP contribution in [-0.4, -0.2) is 12.0 Å². The number of hydrogen-bond donors (Lipinski definition) is 2. The molecule has 0 spiro atoms. The van der Waals surface area contributed by atoms with E-state index in [1.54, 1.807) is 6.07 Å². The predicted octanol–water partition coefficient (Wildman–Crippen LogP) is 3.90. The summed E-state index contributed by atoms with van der Waals surface area (Å²) in [6.07, 6.45) is -4.41. The molecule has 0 saturated heterocycles. The van der Waals surface area contributed by atoms with Crippen molar-refractivity contribution in [1.29, 1.82) is 0 Å². The average molecular weight is 466 g/mol. The summed E-state index contributed by atoms with van der Waals surface area (Å²) in [7, 11) is 0. The molecular formula is C12H16BrF3IN3. The highest BCUT2D eigenvalue weighted by molar-refractivity contribution is 14.0. The first kappa shape index (κ1) is 19.5. The molecular weight excluding hydrogens is 450 g/mol. The molecule has 0 saturated carbocycles. The molecule has 0 aliphatic heterocycles. The van der Waals surface area contributed by atoms with Crippen LogP contribution in [0.25, 0.3) is 0 Å². The molecule has 0 fully saturated rings. The van der Waals surface area contributed by atoms with Crippen molar-refractivity contribution in [1.82, 2.24) is 5.32 Å². The molecule has 0 atom stereocenters. The summed E-state index contributed by atoms with van der Waals surface area (Å²) in [6.45, 7) is 3.61. The third-order valence-electron chi connectivity index (χ3n) is 2.23. The molecule has 0 bridgehead atoms. The Morgan fingerprint density at radius 3 is 2.50 bits per heavy atom. The summed E-state index contributed by atoms with van der Waals surface area (Å²) in [6, 6.07) is 4.05. The Hall–Kier alpha value is -0.510. The molecule has 1 rings (SSSR count). The van der Waals surface area contributed by atoms with Gasteiger partial charge in [-0.25, -0.2) is 4.99 Å². The highest BCUT2D eigenvalue weighted by Gasteiger charge is 2.33. The van der Waals surface area contributed by atoms with Gasteiger partial charge in [0.2, 0.25) is 0 Å². The van der Waals surface area contributed by atoms with Crippen molar-refractivity contribution in [2.24, 2.45) is 10.7 Å². The van der Waals surface area contributed by atoms with E-state index in [1.807, 2.05) is 13.8 Å². The number of rotatable bonds is 3. The molecule has 0 aromatic heterocycles. The smallest absolute Gasteiger partial charge is 0.370 e. The molecule has 0 heterocycles. The fourth-order valence-electron chi connectivity index (χ4n) is 1.46. The van der Waals surface area contributed by atoms with Gasteiger partial charge in [-0.05, 0) is 31.5 Å². The normalized spacial score (nSPS) is 12.2. The second kappa shape index (κ2) is 8.06. The van der Waals surface area contributed by atoms with Gasteiger partial charge in [0.05, 0.1) is 12.1 Å². The first-order valence-electron chi connectivity index (χ1n) is 5.62. The number of aliphatic imine (C=N–C) groups is 1. The summed E-state index contributed by atoms with van der Waals surface area (Å²) in [5.41, 5.74) is 4.94. The van der Waals surface area contributed by atoms with Gasteiger partial charge in [-0.1, -0.05) is 22.0 Å². The molecule has 0 aliphatic carbocycles. The highest BCUT2D eigenvalue weighted by Crippen LogP contribution is 2.34.